The van der Waals surface area contributed by atoms with E-state index in [4.69, 9.17) is 4.74 Å². The number of rotatable bonds is 3. The Kier molecular flexibility index (Phi) is 4.00. The van der Waals surface area contributed by atoms with Crippen molar-refractivity contribution < 1.29 is 9.84 Å². The normalized spacial score (nSPS) is 27.8. The van der Waals surface area contributed by atoms with Gasteiger partial charge in [-0.3, -0.25) is 0 Å². The van der Waals surface area contributed by atoms with Crippen LogP contribution in [0.3, 0.4) is 0 Å². The van der Waals surface area contributed by atoms with Crippen LogP contribution in [0.5, 0.6) is 11.5 Å². The van der Waals surface area contributed by atoms with Crippen LogP contribution >= 0.6 is 0 Å². The third-order valence-corrected chi connectivity index (χ3v) is 3.96. The standard InChI is InChI=1S/C15H23NO2/c1-10-4-6-13(11(2)8-10)16-12-5-7-15(18-3)14(17)9-12/h5,7,9-11,13,16-17H,4,6,8H2,1-3H3. The van der Waals surface area contributed by atoms with Crippen LogP contribution < -0.4 is 10.1 Å². The molecule has 1 fully saturated rings. The van der Waals surface area contributed by atoms with E-state index in [2.05, 4.69) is 19.2 Å². The number of hydrogen-bond donors (Lipinski definition) is 2. The second-order valence-electron chi connectivity index (χ2n) is 5.53. The molecule has 0 heterocycles. The minimum absolute atomic E-state index is 0.194. The van der Waals surface area contributed by atoms with E-state index in [1.165, 1.54) is 19.3 Å². The van der Waals surface area contributed by atoms with Crippen molar-refractivity contribution in [3.8, 4) is 11.5 Å². The van der Waals surface area contributed by atoms with Gasteiger partial charge in [0.05, 0.1) is 7.11 Å². The Morgan fingerprint density at radius 3 is 2.67 bits per heavy atom. The largest absolute Gasteiger partial charge is 0.504 e. The van der Waals surface area contributed by atoms with Crippen molar-refractivity contribution in [1.29, 1.82) is 0 Å². The summed E-state index contributed by atoms with van der Waals surface area (Å²) >= 11 is 0. The number of benzene rings is 1. The second kappa shape index (κ2) is 5.51. The molecular weight excluding hydrogens is 226 g/mol. The van der Waals surface area contributed by atoms with Gasteiger partial charge in [-0.25, -0.2) is 0 Å². The molecule has 3 heteroatoms. The number of methoxy groups -OCH3 is 1. The van der Waals surface area contributed by atoms with Crippen molar-refractivity contribution in [2.45, 2.75) is 39.2 Å². The maximum atomic E-state index is 9.76. The molecule has 0 aromatic heterocycles. The fourth-order valence-electron chi connectivity index (χ4n) is 2.87. The number of phenolic OH excluding ortho intramolecular Hbond substituents is 1. The van der Waals surface area contributed by atoms with E-state index < -0.39 is 0 Å². The van der Waals surface area contributed by atoms with Gasteiger partial charge in [0.1, 0.15) is 0 Å². The summed E-state index contributed by atoms with van der Waals surface area (Å²) in [5.74, 6) is 2.23. The Morgan fingerprint density at radius 2 is 2.06 bits per heavy atom. The van der Waals surface area contributed by atoms with E-state index in [0.717, 1.165) is 11.6 Å². The summed E-state index contributed by atoms with van der Waals surface area (Å²) in [4.78, 5) is 0. The fourth-order valence-corrected chi connectivity index (χ4v) is 2.87. The molecule has 1 aliphatic rings. The summed E-state index contributed by atoms with van der Waals surface area (Å²) in [6, 6.07) is 6.01. The van der Waals surface area contributed by atoms with Gasteiger partial charge in [-0.2, -0.15) is 0 Å². The average molecular weight is 249 g/mol. The summed E-state index contributed by atoms with van der Waals surface area (Å²) in [5.41, 5.74) is 0.972. The zero-order chi connectivity index (χ0) is 13.1. The first kappa shape index (κ1) is 13.1. The van der Waals surface area contributed by atoms with E-state index in [9.17, 15) is 5.11 Å². The first-order valence-corrected chi connectivity index (χ1v) is 6.73. The minimum atomic E-state index is 0.194. The maximum absolute atomic E-state index is 9.76. The predicted molar refractivity (Wildman–Crippen MR) is 74.2 cm³/mol. The van der Waals surface area contributed by atoms with E-state index >= 15 is 0 Å². The van der Waals surface area contributed by atoms with Crippen LogP contribution in [0.4, 0.5) is 5.69 Å². The van der Waals surface area contributed by atoms with Crippen molar-refractivity contribution >= 4 is 5.69 Å². The van der Waals surface area contributed by atoms with Gasteiger partial charge in [0.2, 0.25) is 0 Å². The molecule has 1 saturated carbocycles. The molecule has 1 aliphatic carbocycles. The number of aromatic hydroxyl groups is 1. The number of nitrogens with one attached hydrogen (secondary N) is 1. The molecule has 0 spiro atoms. The van der Waals surface area contributed by atoms with Crippen molar-refractivity contribution in [1.82, 2.24) is 0 Å². The van der Waals surface area contributed by atoms with Gasteiger partial charge in [0, 0.05) is 17.8 Å². The van der Waals surface area contributed by atoms with Gasteiger partial charge in [0.15, 0.2) is 11.5 Å². The molecular formula is C15H23NO2. The quantitative estimate of drug-likeness (QED) is 0.859. The summed E-state index contributed by atoms with van der Waals surface area (Å²) in [6.07, 6.45) is 3.76. The fraction of sp³-hybridized carbons (Fsp3) is 0.600. The van der Waals surface area contributed by atoms with Gasteiger partial charge >= 0.3 is 0 Å². The summed E-state index contributed by atoms with van der Waals surface area (Å²) in [5, 5.41) is 13.3. The molecule has 3 unspecified atom stereocenters. The lowest BCUT2D eigenvalue weighted by Crippen LogP contribution is -2.32. The Bertz CT molecular complexity index is 405. The van der Waals surface area contributed by atoms with Crippen LogP contribution in [0, 0.1) is 11.8 Å². The zero-order valence-corrected chi connectivity index (χ0v) is 11.4. The average Bonchev–Trinajstić information content (AvgIpc) is 2.33. The first-order chi connectivity index (χ1) is 8.60. The van der Waals surface area contributed by atoms with Crippen molar-refractivity contribution in [3.05, 3.63) is 18.2 Å². The molecule has 3 atom stereocenters. The van der Waals surface area contributed by atoms with E-state index in [0.29, 0.717) is 17.7 Å². The van der Waals surface area contributed by atoms with Gasteiger partial charge in [-0.15, -0.1) is 0 Å². The van der Waals surface area contributed by atoms with Crippen molar-refractivity contribution in [2.24, 2.45) is 11.8 Å². The molecule has 1 aromatic carbocycles. The van der Waals surface area contributed by atoms with Crippen LogP contribution in [0.2, 0.25) is 0 Å². The third-order valence-electron chi connectivity index (χ3n) is 3.96. The summed E-state index contributed by atoms with van der Waals surface area (Å²) in [6.45, 7) is 4.63. The Balaban J connectivity index is 2.03. The number of phenols is 1. The molecule has 18 heavy (non-hydrogen) atoms. The molecule has 2 N–H and O–H groups in total. The highest BCUT2D eigenvalue weighted by Crippen LogP contribution is 2.33. The number of anilines is 1. The SMILES string of the molecule is COc1ccc(NC2CCC(C)CC2C)cc1O. The number of ether oxygens (including phenoxy) is 1. The molecule has 100 valence electrons. The molecule has 3 nitrogen and oxygen atoms in total. The molecule has 0 aliphatic heterocycles. The molecule has 0 bridgehead atoms. The highest BCUT2D eigenvalue weighted by Gasteiger charge is 2.25. The monoisotopic (exact) mass is 249 g/mol. The van der Waals surface area contributed by atoms with Gasteiger partial charge in [-0.1, -0.05) is 13.8 Å². The van der Waals surface area contributed by atoms with Crippen LogP contribution in [-0.4, -0.2) is 18.3 Å². The van der Waals surface area contributed by atoms with Gasteiger partial charge in [0.25, 0.3) is 0 Å². The van der Waals surface area contributed by atoms with Crippen LogP contribution in [0.25, 0.3) is 0 Å². The molecule has 2 rings (SSSR count). The van der Waals surface area contributed by atoms with Crippen molar-refractivity contribution in [3.63, 3.8) is 0 Å². The molecule has 1 aromatic rings. The minimum Gasteiger partial charge on any atom is -0.504 e. The molecule has 0 saturated heterocycles. The van der Waals surface area contributed by atoms with Crippen molar-refractivity contribution in [2.75, 3.05) is 12.4 Å². The van der Waals surface area contributed by atoms with E-state index in [-0.39, 0.29) is 5.75 Å². The van der Waals surface area contributed by atoms with Crippen LogP contribution in [-0.2, 0) is 0 Å². The second-order valence-corrected chi connectivity index (χ2v) is 5.53. The lowest BCUT2D eigenvalue weighted by atomic mass is 9.80. The Labute approximate surface area is 109 Å². The zero-order valence-electron chi connectivity index (χ0n) is 11.4. The molecule has 0 radical (unpaired) electrons. The van der Waals surface area contributed by atoms with E-state index in [1.54, 1.807) is 19.2 Å². The highest BCUT2D eigenvalue weighted by molar-refractivity contribution is 5.54. The lowest BCUT2D eigenvalue weighted by molar-refractivity contribution is 0.276. The van der Waals surface area contributed by atoms with Crippen LogP contribution in [0.15, 0.2) is 18.2 Å². The van der Waals surface area contributed by atoms with Gasteiger partial charge < -0.3 is 15.2 Å². The summed E-state index contributed by atoms with van der Waals surface area (Å²) < 4.78 is 5.05. The predicted octanol–water partition coefficient (Wildman–Crippen LogP) is 3.64. The first-order valence-electron chi connectivity index (χ1n) is 6.73. The smallest absolute Gasteiger partial charge is 0.160 e. The lowest BCUT2D eigenvalue weighted by Gasteiger charge is -2.33. The van der Waals surface area contributed by atoms with Gasteiger partial charge in [-0.05, 0) is 43.2 Å². The Morgan fingerprint density at radius 1 is 1.28 bits per heavy atom. The number of hydrogen-bond acceptors (Lipinski definition) is 3. The maximum Gasteiger partial charge on any atom is 0.160 e. The third kappa shape index (κ3) is 2.89. The van der Waals surface area contributed by atoms with Crippen LogP contribution in [0.1, 0.15) is 33.1 Å². The van der Waals surface area contributed by atoms with E-state index in [1.807, 2.05) is 6.07 Å². The summed E-state index contributed by atoms with van der Waals surface area (Å²) in [7, 11) is 1.56. The molecule has 0 amide bonds. The Hall–Kier alpha value is -1.38. The topological polar surface area (TPSA) is 41.5 Å². The highest BCUT2D eigenvalue weighted by atomic mass is 16.5.